The molecule has 0 aliphatic rings. The van der Waals surface area contributed by atoms with Crippen LogP contribution in [0.4, 0.5) is 5.69 Å². The van der Waals surface area contributed by atoms with Crippen molar-refractivity contribution in [3.63, 3.8) is 0 Å². The first-order valence-corrected chi connectivity index (χ1v) is 7.95. The predicted molar refractivity (Wildman–Crippen MR) is 79.6 cm³/mol. The molecule has 0 aliphatic carbocycles. The minimum absolute atomic E-state index is 0.0518. The zero-order valence-electron chi connectivity index (χ0n) is 11.6. The van der Waals surface area contributed by atoms with Crippen LogP contribution in [-0.2, 0) is 10.0 Å². The van der Waals surface area contributed by atoms with Crippen LogP contribution in [0, 0.1) is 0 Å². The van der Waals surface area contributed by atoms with Crippen LogP contribution in [-0.4, -0.2) is 28.6 Å². The summed E-state index contributed by atoms with van der Waals surface area (Å²) in [6, 6.07) is 5.18. The second kappa shape index (κ2) is 4.88. The highest BCUT2D eigenvalue weighted by molar-refractivity contribution is 7.92. The number of nitrogens with one attached hydrogen (secondary N) is 3. The average Bonchev–Trinajstić information content (AvgIpc) is 3.07. The number of sulfonamides is 1. The minimum atomic E-state index is -3.68. The molecule has 0 saturated carbocycles. The highest BCUT2D eigenvalue weighted by Gasteiger charge is 2.18. The van der Waals surface area contributed by atoms with E-state index in [0.29, 0.717) is 11.5 Å². The maximum absolute atomic E-state index is 12.3. The van der Waals surface area contributed by atoms with Gasteiger partial charge in [-0.3, -0.25) is 9.82 Å². The van der Waals surface area contributed by atoms with E-state index in [2.05, 4.69) is 24.9 Å². The van der Waals surface area contributed by atoms with Gasteiger partial charge in [-0.25, -0.2) is 4.98 Å². The molecule has 3 aromatic rings. The number of H-pyrrole nitrogens is 2. The van der Waals surface area contributed by atoms with Gasteiger partial charge in [0.15, 0.2) is 5.03 Å². The SMILES string of the molecule is CC(C)c1ncc(S(=O)(=O)Nc2ccc3cn[nH]c3c2)[nH]1. The van der Waals surface area contributed by atoms with Gasteiger partial charge >= 0.3 is 0 Å². The molecule has 0 spiro atoms. The van der Waals surface area contributed by atoms with Gasteiger partial charge < -0.3 is 4.98 Å². The summed E-state index contributed by atoms with van der Waals surface area (Å²) in [6.07, 6.45) is 3.00. The fraction of sp³-hybridized carbons (Fsp3) is 0.231. The van der Waals surface area contributed by atoms with Crippen LogP contribution in [0.5, 0.6) is 0 Å². The van der Waals surface area contributed by atoms with E-state index in [1.54, 1.807) is 24.4 Å². The van der Waals surface area contributed by atoms with Gasteiger partial charge in [0.1, 0.15) is 5.82 Å². The number of nitrogens with zero attached hydrogens (tertiary/aromatic N) is 2. The minimum Gasteiger partial charge on any atom is -0.331 e. The molecule has 0 fully saturated rings. The van der Waals surface area contributed by atoms with E-state index in [9.17, 15) is 8.42 Å². The van der Waals surface area contributed by atoms with Crippen molar-refractivity contribution in [2.75, 3.05) is 4.72 Å². The van der Waals surface area contributed by atoms with E-state index < -0.39 is 10.0 Å². The molecule has 8 heteroatoms. The molecule has 3 rings (SSSR count). The third-order valence-corrected chi connectivity index (χ3v) is 4.39. The fourth-order valence-corrected chi connectivity index (χ4v) is 2.94. The average molecular weight is 305 g/mol. The van der Waals surface area contributed by atoms with Gasteiger partial charge in [-0.15, -0.1) is 0 Å². The van der Waals surface area contributed by atoms with Crippen LogP contribution in [0.2, 0.25) is 0 Å². The molecular weight excluding hydrogens is 290 g/mol. The van der Waals surface area contributed by atoms with E-state index in [1.807, 2.05) is 13.8 Å². The maximum Gasteiger partial charge on any atom is 0.278 e. The van der Waals surface area contributed by atoms with Gasteiger partial charge in [0.2, 0.25) is 0 Å². The largest absolute Gasteiger partial charge is 0.331 e. The molecule has 0 unspecified atom stereocenters. The van der Waals surface area contributed by atoms with Gasteiger partial charge in [0.05, 0.1) is 23.6 Å². The Balaban J connectivity index is 1.90. The number of aromatic nitrogens is 4. The number of hydrogen-bond acceptors (Lipinski definition) is 4. The first-order chi connectivity index (χ1) is 9.95. The highest BCUT2D eigenvalue weighted by atomic mass is 32.2. The van der Waals surface area contributed by atoms with Crippen LogP contribution in [0.15, 0.2) is 35.6 Å². The van der Waals surface area contributed by atoms with Crippen molar-refractivity contribution in [3.8, 4) is 0 Å². The van der Waals surface area contributed by atoms with E-state index in [0.717, 1.165) is 10.9 Å². The predicted octanol–water partition coefficient (Wildman–Crippen LogP) is 2.21. The third kappa shape index (κ3) is 2.62. The number of anilines is 1. The van der Waals surface area contributed by atoms with Gasteiger partial charge in [-0.1, -0.05) is 13.8 Å². The standard InChI is InChI=1S/C13H15N5O2S/c1-8(2)13-14-7-12(16-13)21(19,20)18-10-4-3-9-6-15-17-11(9)5-10/h3-8,18H,1-2H3,(H,14,16)(H,15,17). The van der Waals surface area contributed by atoms with E-state index >= 15 is 0 Å². The molecular formula is C13H15N5O2S. The molecule has 0 atom stereocenters. The van der Waals surface area contributed by atoms with E-state index in [4.69, 9.17) is 0 Å². The van der Waals surface area contributed by atoms with Gasteiger partial charge in [-0.2, -0.15) is 13.5 Å². The fourth-order valence-electron chi connectivity index (χ4n) is 1.96. The zero-order chi connectivity index (χ0) is 15.0. The summed E-state index contributed by atoms with van der Waals surface area (Å²) in [6.45, 7) is 3.88. The number of imidazole rings is 1. The normalized spacial score (nSPS) is 12.1. The molecule has 0 amide bonds. The van der Waals surface area contributed by atoms with Gasteiger partial charge in [0.25, 0.3) is 10.0 Å². The molecule has 0 bridgehead atoms. The Labute approximate surface area is 121 Å². The van der Waals surface area contributed by atoms with Crippen LogP contribution >= 0.6 is 0 Å². The summed E-state index contributed by atoms with van der Waals surface area (Å²) in [5.74, 6) is 0.773. The smallest absolute Gasteiger partial charge is 0.278 e. The molecule has 110 valence electrons. The first kappa shape index (κ1) is 13.6. The van der Waals surface area contributed by atoms with E-state index in [1.165, 1.54) is 6.20 Å². The summed E-state index contributed by atoms with van der Waals surface area (Å²) in [7, 11) is -3.68. The number of rotatable bonds is 4. The van der Waals surface area contributed by atoms with E-state index in [-0.39, 0.29) is 10.9 Å². The van der Waals surface area contributed by atoms with Crippen molar-refractivity contribution in [1.82, 2.24) is 20.2 Å². The summed E-state index contributed by atoms with van der Waals surface area (Å²) in [5, 5.41) is 7.67. The molecule has 21 heavy (non-hydrogen) atoms. The van der Waals surface area contributed by atoms with Gasteiger partial charge in [-0.05, 0) is 18.2 Å². The summed E-state index contributed by atoms with van der Waals surface area (Å²) < 4.78 is 27.1. The summed E-state index contributed by atoms with van der Waals surface area (Å²) in [4.78, 5) is 6.90. The first-order valence-electron chi connectivity index (χ1n) is 6.46. The quantitative estimate of drug-likeness (QED) is 0.687. The van der Waals surface area contributed by atoms with Crippen molar-refractivity contribution in [2.45, 2.75) is 24.8 Å². The van der Waals surface area contributed by atoms with Crippen molar-refractivity contribution in [1.29, 1.82) is 0 Å². The third-order valence-electron chi connectivity index (χ3n) is 3.10. The number of benzene rings is 1. The number of hydrogen-bond donors (Lipinski definition) is 3. The monoisotopic (exact) mass is 305 g/mol. The molecule has 7 nitrogen and oxygen atoms in total. The van der Waals surface area contributed by atoms with Crippen molar-refractivity contribution in [2.24, 2.45) is 0 Å². The van der Waals surface area contributed by atoms with Gasteiger partial charge in [0, 0.05) is 11.3 Å². The maximum atomic E-state index is 12.3. The second-order valence-corrected chi connectivity index (χ2v) is 6.72. The lowest BCUT2D eigenvalue weighted by atomic mass is 10.2. The zero-order valence-corrected chi connectivity index (χ0v) is 12.4. The molecule has 0 radical (unpaired) electrons. The number of aromatic amines is 2. The lowest BCUT2D eigenvalue weighted by Crippen LogP contribution is -2.13. The Morgan fingerprint density at radius 2 is 2.05 bits per heavy atom. The lowest BCUT2D eigenvalue weighted by Gasteiger charge is -2.06. The van der Waals surface area contributed by atoms with Crippen LogP contribution in [0.25, 0.3) is 10.9 Å². The summed E-state index contributed by atoms with van der Waals surface area (Å²) >= 11 is 0. The van der Waals surface area contributed by atoms with Crippen LogP contribution < -0.4 is 4.72 Å². The lowest BCUT2D eigenvalue weighted by molar-refractivity contribution is 0.597. The van der Waals surface area contributed by atoms with Crippen LogP contribution in [0.3, 0.4) is 0 Å². The summed E-state index contributed by atoms with van der Waals surface area (Å²) in [5.41, 5.74) is 1.23. The Bertz CT molecular complexity index is 879. The molecule has 0 saturated heterocycles. The van der Waals surface area contributed by atoms with Crippen molar-refractivity contribution < 1.29 is 8.42 Å². The Morgan fingerprint density at radius 3 is 2.76 bits per heavy atom. The molecule has 1 aromatic carbocycles. The highest BCUT2D eigenvalue weighted by Crippen LogP contribution is 2.20. The molecule has 3 N–H and O–H groups in total. The molecule has 2 aromatic heterocycles. The van der Waals surface area contributed by atoms with Crippen molar-refractivity contribution >= 4 is 26.6 Å². The molecule has 2 heterocycles. The Kier molecular flexibility index (Phi) is 3.17. The molecule has 0 aliphatic heterocycles. The van der Waals surface area contributed by atoms with Crippen LogP contribution in [0.1, 0.15) is 25.6 Å². The Morgan fingerprint density at radius 1 is 1.24 bits per heavy atom. The second-order valence-electron chi connectivity index (χ2n) is 5.06. The van der Waals surface area contributed by atoms with Crippen molar-refractivity contribution in [3.05, 3.63) is 36.4 Å². The number of fused-ring (bicyclic) bond motifs is 1. The topological polar surface area (TPSA) is 104 Å². The Hall–Kier alpha value is -2.35.